The molecular weight excluding hydrogens is 288 g/mol. The molecule has 0 heterocycles. The minimum atomic E-state index is -0.645. The number of nitrogens with two attached hydrogens (primary N) is 1. The summed E-state index contributed by atoms with van der Waals surface area (Å²) in [7, 11) is 1.54. The van der Waals surface area contributed by atoms with Crippen molar-refractivity contribution in [1.29, 1.82) is 0 Å². The van der Waals surface area contributed by atoms with Crippen LogP contribution in [0.15, 0.2) is 24.3 Å². The van der Waals surface area contributed by atoms with Gasteiger partial charge in [0, 0.05) is 7.11 Å². The lowest BCUT2D eigenvalue weighted by Gasteiger charge is -2.33. The molecule has 3 N–H and O–H groups in total. The van der Waals surface area contributed by atoms with E-state index < -0.39 is 6.04 Å². The van der Waals surface area contributed by atoms with Crippen molar-refractivity contribution < 1.29 is 9.53 Å². The van der Waals surface area contributed by atoms with Gasteiger partial charge in [-0.15, -0.1) is 12.4 Å². The highest BCUT2D eigenvalue weighted by atomic mass is 35.5. The summed E-state index contributed by atoms with van der Waals surface area (Å²) < 4.78 is 4.94. The van der Waals surface area contributed by atoms with Crippen LogP contribution in [0, 0.1) is 12.3 Å². The number of rotatable bonds is 5. The predicted molar refractivity (Wildman–Crippen MR) is 88.6 cm³/mol. The van der Waals surface area contributed by atoms with Gasteiger partial charge in [0.05, 0.1) is 12.6 Å². The summed E-state index contributed by atoms with van der Waals surface area (Å²) in [5.41, 5.74) is 7.98. The second-order valence-corrected chi connectivity index (χ2v) is 6.23. The topological polar surface area (TPSA) is 64.3 Å². The van der Waals surface area contributed by atoms with Crippen molar-refractivity contribution in [3.63, 3.8) is 0 Å². The zero-order valence-electron chi connectivity index (χ0n) is 13.5. The molecule has 0 aliphatic heterocycles. The molecule has 120 valence electrons. The molecule has 4 nitrogen and oxygen atoms in total. The van der Waals surface area contributed by atoms with Gasteiger partial charge >= 0.3 is 0 Å². The first-order chi connectivity index (χ1) is 9.27. The number of carbonyl (C=O) groups excluding carboxylic acids is 1. The van der Waals surface area contributed by atoms with Crippen molar-refractivity contribution >= 4 is 18.3 Å². The summed E-state index contributed by atoms with van der Waals surface area (Å²) in [5.74, 6) is -0.185. The van der Waals surface area contributed by atoms with Crippen LogP contribution in [0.1, 0.15) is 37.9 Å². The minimum absolute atomic E-state index is 0. The Labute approximate surface area is 133 Å². The SMILES string of the molecule is COCC(N)C(=O)NC(c1ccccc1C)C(C)(C)C.Cl. The summed E-state index contributed by atoms with van der Waals surface area (Å²) in [6, 6.07) is 7.36. The zero-order valence-corrected chi connectivity index (χ0v) is 14.3. The Morgan fingerprint density at radius 1 is 1.33 bits per heavy atom. The second-order valence-electron chi connectivity index (χ2n) is 6.23. The quantitative estimate of drug-likeness (QED) is 0.878. The first kappa shape index (κ1) is 19.9. The number of halogens is 1. The molecule has 0 saturated heterocycles. The Morgan fingerprint density at radius 3 is 2.38 bits per heavy atom. The van der Waals surface area contributed by atoms with Crippen molar-refractivity contribution in [3.05, 3.63) is 35.4 Å². The van der Waals surface area contributed by atoms with E-state index in [1.165, 1.54) is 7.11 Å². The Kier molecular flexibility index (Phi) is 7.93. The fourth-order valence-electron chi connectivity index (χ4n) is 2.18. The molecule has 0 radical (unpaired) electrons. The van der Waals surface area contributed by atoms with Crippen LogP contribution in [0.4, 0.5) is 0 Å². The third kappa shape index (κ3) is 5.65. The van der Waals surface area contributed by atoms with Crippen LogP contribution in [0.25, 0.3) is 0 Å². The fraction of sp³-hybridized carbons (Fsp3) is 0.562. The maximum atomic E-state index is 12.2. The van der Waals surface area contributed by atoms with E-state index in [-0.39, 0.29) is 36.4 Å². The standard InChI is InChI=1S/C16H26N2O2.ClH/c1-11-8-6-7-9-12(11)14(16(2,3)4)18-15(19)13(17)10-20-5;/h6-9,13-14H,10,17H2,1-5H3,(H,18,19);1H. The molecule has 1 aromatic rings. The molecule has 1 rings (SSSR count). The lowest BCUT2D eigenvalue weighted by atomic mass is 9.80. The lowest BCUT2D eigenvalue weighted by Crippen LogP contribution is -2.47. The molecule has 0 fully saturated rings. The average Bonchev–Trinajstić information content (AvgIpc) is 2.35. The summed E-state index contributed by atoms with van der Waals surface area (Å²) >= 11 is 0. The van der Waals surface area contributed by atoms with Gasteiger partial charge in [-0.1, -0.05) is 45.0 Å². The molecule has 0 spiro atoms. The molecule has 5 heteroatoms. The van der Waals surface area contributed by atoms with Gasteiger partial charge < -0.3 is 15.8 Å². The van der Waals surface area contributed by atoms with E-state index in [1.807, 2.05) is 18.2 Å². The highest BCUT2D eigenvalue weighted by molar-refractivity contribution is 5.85. The molecule has 0 aliphatic carbocycles. The third-order valence-corrected chi connectivity index (χ3v) is 3.34. The minimum Gasteiger partial charge on any atom is -0.383 e. The molecule has 21 heavy (non-hydrogen) atoms. The molecule has 0 aliphatic rings. The number of nitrogens with one attached hydrogen (secondary N) is 1. The maximum absolute atomic E-state index is 12.2. The Morgan fingerprint density at radius 2 is 1.90 bits per heavy atom. The summed E-state index contributed by atoms with van der Waals surface area (Å²) in [6.07, 6.45) is 0. The van der Waals surface area contributed by atoms with Gasteiger partial charge in [-0.25, -0.2) is 0 Å². The predicted octanol–water partition coefficient (Wildman–Crippen LogP) is 2.59. The van der Waals surface area contributed by atoms with E-state index in [0.29, 0.717) is 0 Å². The molecule has 1 amide bonds. The Balaban J connectivity index is 0.00000400. The molecule has 0 saturated carbocycles. The number of methoxy groups -OCH3 is 1. The van der Waals surface area contributed by atoms with Crippen molar-refractivity contribution in [2.45, 2.75) is 39.8 Å². The largest absolute Gasteiger partial charge is 0.383 e. The van der Waals surface area contributed by atoms with Crippen LogP contribution in [0.3, 0.4) is 0 Å². The highest BCUT2D eigenvalue weighted by Crippen LogP contribution is 2.34. The lowest BCUT2D eigenvalue weighted by molar-refractivity contribution is -0.125. The Hall–Kier alpha value is -1.10. The number of aryl methyl sites for hydroxylation is 1. The number of hydrogen-bond donors (Lipinski definition) is 2. The molecule has 2 unspecified atom stereocenters. The molecule has 1 aromatic carbocycles. The van der Waals surface area contributed by atoms with Gasteiger partial charge in [0.25, 0.3) is 0 Å². The third-order valence-electron chi connectivity index (χ3n) is 3.34. The number of carbonyl (C=O) groups is 1. The van der Waals surface area contributed by atoms with Crippen LogP contribution in [-0.4, -0.2) is 25.7 Å². The summed E-state index contributed by atoms with van der Waals surface area (Å²) in [6.45, 7) is 8.58. The number of amides is 1. The van der Waals surface area contributed by atoms with E-state index in [0.717, 1.165) is 11.1 Å². The summed E-state index contributed by atoms with van der Waals surface area (Å²) in [5, 5.41) is 3.05. The van der Waals surface area contributed by atoms with E-state index in [9.17, 15) is 4.79 Å². The van der Waals surface area contributed by atoms with Crippen LogP contribution >= 0.6 is 12.4 Å². The fourth-order valence-corrected chi connectivity index (χ4v) is 2.18. The second kappa shape index (κ2) is 8.37. The van der Waals surface area contributed by atoms with E-state index in [2.05, 4.69) is 39.1 Å². The zero-order chi connectivity index (χ0) is 15.3. The highest BCUT2D eigenvalue weighted by Gasteiger charge is 2.30. The van der Waals surface area contributed by atoms with Gasteiger partial charge in [-0.3, -0.25) is 4.79 Å². The van der Waals surface area contributed by atoms with Gasteiger partial charge in [0.1, 0.15) is 6.04 Å². The summed E-state index contributed by atoms with van der Waals surface area (Å²) in [4.78, 5) is 12.2. The van der Waals surface area contributed by atoms with Crippen molar-refractivity contribution in [1.82, 2.24) is 5.32 Å². The van der Waals surface area contributed by atoms with E-state index >= 15 is 0 Å². The van der Waals surface area contributed by atoms with Gasteiger partial charge in [0.2, 0.25) is 5.91 Å². The van der Waals surface area contributed by atoms with Crippen LogP contribution in [0.5, 0.6) is 0 Å². The normalized spacial score (nSPS) is 14.0. The van der Waals surface area contributed by atoms with Crippen LogP contribution in [0.2, 0.25) is 0 Å². The van der Waals surface area contributed by atoms with Crippen LogP contribution < -0.4 is 11.1 Å². The first-order valence-corrected chi connectivity index (χ1v) is 6.87. The molecule has 2 atom stereocenters. The van der Waals surface area contributed by atoms with Crippen LogP contribution in [-0.2, 0) is 9.53 Å². The van der Waals surface area contributed by atoms with Crippen molar-refractivity contribution in [2.75, 3.05) is 13.7 Å². The van der Waals surface area contributed by atoms with Gasteiger partial charge in [-0.2, -0.15) is 0 Å². The van der Waals surface area contributed by atoms with Gasteiger partial charge in [0.15, 0.2) is 0 Å². The molecule has 0 aromatic heterocycles. The van der Waals surface area contributed by atoms with E-state index in [1.54, 1.807) is 0 Å². The smallest absolute Gasteiger partial charge is 0.239 e. The molecular formula is C16H27ClN2O2. The number of ether oxygens (including phenoxy) is 1. The number of hydrogen-bond acceptors (Lipinski definition) is 3. The Bertz CT molecular complexity index is 458. The monoisotopic (exact) mass is 314 g/mol. The number of benzene rings is 1. The van der Waals surface area contributed by atoms with E-state index in [4.69, 9.17) is 10.5 Å². The van der Waals surface area contributed by atoms with Gasteiger partial charge in [-0.05, 0) is 23.5 Å². The first-order valence-electron chi connectivity index (χ1n) is 6.87. The van der Waals surface area contributed by atoms with Crippen molar-refractivity contribution in [2.24, 2.45) is 11.1 Å². The average molecular weight is 315 g/mol. The molecule has 0 bridgehead atoms. The van der Waals surface area contributed by atoms with Crippen molar-refractivity contribution in [3.8, 4) is 0 Å². The maximum Gasteiger partial charge on any atom is 0.239 e.